The maximum Gasteiger partial charge on any atom is 0.314 e. The second kappa shape index (κ2) is 10.9. The van der Waals surface area contributed by atoms with Gasteiger partial charge in [0.1, 0.15) is 48.8 Å². The maximum atomic E-state index is 10.7. The first-order chi connectivity index (χ1) is 17.0. The van der Waals surface area contributed by atoms with E-state index in [-0.39, 0.29) is 6.42 Å². The van der Waals surface area contributed by atoms with Crippen molar-refractivity contribution in [2.75, 3.05) is 20.3 Å². The highest BCUT2D eigenvalue weighted by molar-refractivity contribution is 5.05. The molecule has 3 heterocycles. The Kier molecular flexibility index (Phi) is 8.55. The van der Waals surface area contributed by atoms with Gasteiger partial charge < -0.3 is 81.3 Å². The molecule has 3 saturated heterocycles. The Morgan fingerprint density at radius 1 is 0.944 bits per heavy atom. The Morgan fingerprint density at radius 3 is 2.22 bits per heavy atom. The summed E-state index contributed by atoms with van der Waals surface area (Å²) in [6.45, 7) is -1.33. The van der Waals surface area contributed by atoms with E-state index in [1.165, 1.54) is 0 Å². The maximum absolute atomic E-state index is 10.7. The number of aliphatic hydroxyl groups excluding tert-OH is 8. The standard InChI is InChI=1S/C20H37N3O13/c1-23-7-2-5(21)9(26)15(10(7)27)33-19-17-16(11(28)8(4-25)32-19)35-20(36-17)18(31)13(30)12(29)14(34-20)6(22)3-24/h5-19,23-31H,2-4,21-22H2,1H3/t5-,6-,7+,8-,9+,10-,11+,12-,13-,14-,15-,16+,17+,18-,19+,20?/m1/s1. The molecule has 1 unspecified atom stereocenters. The summed E-state index contributed by atoms with van der Waals surface area (Å²) < 4.78 is 28.7. The number of likely N-dealkylation sites (N-methyl/N-ethyl adjacent to an activating group) is 1. The summed E-state index contributed by atoms with van der Waals surface area (Å²) in [7, 11) is 1.60. The first kappa shape index (κ1) is 28.4. The van der Waals surface area contributed by atoms with E-state index in [0.717, 1.165) is 0 Å². The van der Waals surface area contributed by atoms with Crippen LogP contribution in [0.25, 0.3) is 0 Å². The van der Waals surface area contributed by atoms with Crippen molar-refractivity contribution < 1.29 is 64.5 Å². The molecule has 16 heteroatoms. The fourth-order valence-corrected chi connectivity index (χ4v) is 5.23. The van der Waals surface area contributed by atoms with Gasteiger partial charge in [-0.05, 0) is 13.5 Å². The van der Waals surface area contributed by atoms with E-state index in [1.807, 2.05) is 0 Å². The Hall–Kier alpha value is -0.640. The summed E-state index contributed by atoms with van der Waals surface area (Å²) in [5.74, 6) is -2.48. The van der Waals surface area contributed by atoms with Gasteiger partial charge in [-0.2, -0.15) is 0 Å². The normalized spacial score (nSPS) is 54.4. The molecule has 4 rings (SSSR count). The molecule has 16 nitrogen and oxygen atoms in total. The molecular weight excluding hydrogens is 490 g/mol. The molecule has 0 aromatic carbocycles. The molecule has 3 aliphatic heterocycles. The molecule has 13 N–H and O–H groups in total. The van der Waals surface area contributed by atoms with E-state index in [9.17, 15) is 40.9 Å². The lowest BCUT2D eigenvalue weighted by atomic mass is 9.84. The predicted octanol–water partition coefficient (Wildman–Crippen LogP) is -7.27. The van der Waals surface area contributed by atoms with Crippen molar-refractivity contribution in [3.8, 4) is 0 Å². The van der Waals surface area contributed by atoms with E-state index < -0.39 is 111 Å². The molecule has 1 spiro atoms. The first-order valence-electron chi connectivity index (χ1n) is 11.8. The van der Waals surface area contributed by atoms with Crippen LogP contribution in [-0.4, -0.2) is 159 Å². The lowest BCUT2D eigenvalue weighted by Crippen LogP contribution is -2.69. The van der Waals surface area contributed by atoms with Crippen molar-refractivity contribution >= 4 is 0 Å². The zero-order valence-corrected chi connectivity index (χ0v) is 19.6. The van der Waals surface area contributed by atoms with Crippen LogP contribution in [0, 0.1) is 0 Å². The molecule has 0 radical (unpaired) electrons. The number of rotatable bonds is 6. The van der Waals surface area contributed by atoms with Crippen LogP contribution in [0.2, 0.25) is 0 Å². The van der Waals surface area contributed by atoms with Gasteiger partial charge in [0.2, 0.25) is 0 Å². The van der Waals surface area contributed by atoms with Crippen LogP contribution in [0.5, 0.6) is 0 Å². The van der Waals surface area contributed by atoms with Crippen molar-refractivity contribution in [3.63, 3.8) is 0 Å². The van der Waals surface area contributed by atoms with E-state index in [0.29, 0.717) is 0 Å². The van der Waals surface area contributed by atoms with Crippen LogP contribution in [0.4, 0.5) is 0 Å². The Bertz CT molecular complexity index is 756. The fourth-order valence-electron chi connectivity index (χ4n) is 5.23. The van der Waals surface area contributed by atoms with Gasteiger partial charge in [0, 0.05) is 12.1 Å². The third-order valence-electron chi connectivity index (χ3n) is 7.42. The van der Waals surface area contributed by atoms with E-state index in [1.54, 1.807) is 7.05 Å². The lowest BCUT2D eigenvalue weighted by molar-refractivity contribution is -0.439. The average molecular weight is 528 g/mol. The van der Waals surface area contributed by atoms with Gasteiger partial charge in [0.15, 0.2) is 12.4 Å². The third kappa shape index (κ3) is 4.68. The van der Waals surface area contributed by atoms with Crippen molar-refractivity contribution in [1.82, 2.24) is 5.32 Å². The molecule has 0 amide bonds. The second-order valence-corrected chi connectivity index (χ2v) is 9.72. The number of nitrogens with two attached hydrogens (primary N) is 2. The molecule has 36 heavy (non-hydrogen) atoms. The number of aliphatic hydroxyl groups is 8. The van der Waals surface area contributed by atoms with Gasteiger partial charge in [-0.1, -0.05) is 0 Å². The summed E-state index contributed by atoms with van der Waals surface area (Å²) in [6, 6.07) is -2.50. The van der Waals surface area contributed by atoms with Gasteiger partial charge in [-0.3, -0.25) is 0 Å². The molecule has 0 aromatic rings. The summed E-state index contributed by atoms with van der Waals surface area (Å²) >= 11 is 0. The molecule has 0 bridgehead atoms. The lowest BCUT2D eigenvalue weighted by Gasteiger charge is -2.46. The minimum absolute atomic E-state index is 0.254. The van der Waals surface area contributed by atoms with Crippen LogP contribution in [0.3, 0.4) is 0 Å². The largest absolute Gasteiger partial charge is 0.395 e. The van der Waals surface area contributed by atoms with E-state index in [2.05, 4.69) is 5.32 Å². The highest BCUT2D eigenvalue weighted by Crippen LogP contribution is 2.45. The summed E-state index contributed by atoms with van der Waals surface area (Å²) in [6.07, 6.45) is -17.7. The summed E-state index contributed by atoms with van der Waals surface area (Å²) in [5, 5.41) is 85.6. The fraction of sp³-hybridized carbons (Fsp3) is 1.00. The molecule has 1 aliphatic carbocycles. The van der Waals surface area contributed by atoms with Crippen LogP contribution in [0.1, 0.15) is 6.42 Å². The van der Waals surface area contributed by atoms with E-state index in [4.69, 9.17) is 35.2 Å². The minimum Gasteiger partial charge on any atom is -0.395 e. The van der Waals surface area contributed by atoms with Crippen molar-refractivity contribution in [2.24, 2.45) is 11.5 Å². The van der Waals surface area contributed by atoms with Gasteiger partial charge in [0.25, 0.3) is 0 Å². The van der Waals surface area contributed by atoms with Crippen molar-refractivity contribution in [2.45, 2.75) is 104 Å². The Morgan fingerprint density at radius 2 is 1.61 bits per heavy atom. The molecule has 0 aromatic heterocycles. The van der Waals surface area contributed by atoms with Crippen molar-refractivity contribution in [1.29, 1.82) is 0 Å². The highest BCUT2D eigenvalue weighted by Gasteiger charge is 2.67. The molecule has 210 valence electrons. The highest BCUT2D eigenvalue weighted by atomic mass is 16.9. The van der Waals surface area contributed by atoms with Crippen LogP contribution >= 0.6 is 0 Å². The van der Waals surface area contributed by atoms with Crippen LogP contribution < -0.4 is 16.8 Å². The molecule has 1 saturated carbocycles. The van der Waals surface area contributed by atoms with Gasteiger partial charge in [-0.15, -0.1) is 0 Å². The van der Waals surface area contributed by atoms with Gasteiger partial charge >= 0.3 is 5.97 Å². The topological polar surface area (TPSA) is 272 Å². The molecule has 16 atom stereocenters. The molecule has 4 aliphatic rings. The van der Waals surface area contributed by atoms with E-state index >= 15 is 0 Å². The smallest absolute Gasteiger partial charge is 0.314 e. The van der Waals surface area contributed by atoms with Crippen LogP contribution in [0.15, 0.2) is 0 Å². The Labute approximate surface area is 206 Å². The van der Waals surface area contributed by atoms with Crippen LogP contribution in [-0.2, 0) is 23.7 Å². The molecular formula is C20H37N3O13. The number of fused-ring (bicyclic) bond motifs is 1. The quantitative estimate of drug-likeness (QED) is 0.153. The average Bonchev–Trinajstić information content (AvgIpc) is 3.27. The molecule has 4 fully saturated rings. The third-order valence-corrected chi connectivity index (χ3v) is 7.42. The number of nitrogens with one attached hydrogen (secondary N) is 1. The van der Waals surface area contributed by atoms with Crippen molar-refractivity contribution in [3.05, 3.63) is 0 Å². The SMILES string of the molecule is CN[C@H]1C[C@@H](N)[C@H](O)[C@@H](O[C@@H]2O[C@H](CO)[C@H](O)[C@@H]3OC4(O[C@H]23)O[C@H]([C@H](N)CO)[C@H](O)[C@@H](O)[C@H]4O)[C@@H]1O. The zero-order valence-electron chi connectivity index (χ0n) is 19.6. The minimum atomic E-state index is -2.48. The monoisotopic (exact) mass is 527 g/mol. The number of hydrogen-bond acceptors (Lipinski definition) is 16. The van der Waals surface area contributed by atoms with Gasteiger partial charge in [0.05, 0.1) is 31.5 Å². The zero-order chi connectivity index (χ0) is 26.5. The Balaban J connectivity index is 1.62. The number of hydrogen-bond donors (Lipinski definition) is 11. The first-order valence-corrected chi connectivity index (χ1v) is 11.8. The predicted molar refractivity (Wildman–Crippen MR) is 115 cm³/mol. The summed E-state index contributed by atoms with van der Waals surface area (Å²) in [4.78, 5) is 0. The second-order valence-electron chi connectivity index (χ2n) is 9.72. The van der Waals surface area contributed by atoms with Gasteiger partial charge in [-0.25, -0.2) is 0 Å². The summed E-state index contributed by atoms with van der Waals surface area (Å²) in [5.41, 5.74) is 11.8. The number of ether oxygens (including phenoxy) is 5.